The van der Waals surface area contributed by atoms with Gasteiger partial charge < -0.3 is 9.47 Å². The molecule has 0 N–H and O–H groups in total. The minimum Gasteiger partial charge on any atom is -0.493 e. The lowest BCUT2D eigenvalue weighted by atomic mass is 10.1. The number of benzene rings is 2. The summed E-state index contributed by atoms with van der Waals surface area (Å²) in [6, 6.07) is 15.5. The zero-order chi connectivity index (χ0) is 19.4. The molecule has 3 aromatic rings. The average Bonchev–Trinajstić information content (AvgIpc) is 2.69. The Balaban J connectivity index is 1.89. The summed E-state index contributed by atoms with van der Waals surface area (Å²) < 4.78 is 12.5. The summed E-state index contributed by atoms with van der Waals surface area (Å²) in [5.41, 5.74) is 1.54. The second-order valence-corrected chi connectivity index (χ2v) is 6.63. The Morgan fingerprint density at radius 3 is 2.37 bits per heavy atom. The largest absolute Gasteiger partial charge is 0.493 e. The van der Waals surface area contributed by atoms with E-state index in [0.29, 0.717) is 22.8 Å². The van der Waals surface area contributed by atoms with Crippen molar-refractivity contribution in [1.82, 2.24) is 9.78 Å². The monoisotopic (exact) mass is 428 g/mol. The van der Waals surface area contributed by atoms with Crippen molar-refractivity contribution < 1.29 is 14.3 Å². The molecule has 0 atom stereocenters. The predicted octanol–water partition coefficient (Wildman–Crippen LogP) is 3.57. The molecule has 2 aromatic carbocycles. The van der Waals surface area contributed by atoms with Gasteiger partial charge in [-0.15, -0.1) is 0 Å². The summed E-state index contributed by atoms with van der Waals surface area (Å²) in [6.45, 7) is -0.168. The molecule has 7 heteroatoms. The number of carbonyl (C=O) groups excluding carboxylic acids is 1. The minimum absolute atomic E-state index is 0.168. The van der Waals surface area contributed by atoms with Gasteiger partial charge in [-0.3, -0.25) is 9.59 Å². The van der Waals surface area contributed by atoms with E-state index in [0.717, 1.165) is 14.7 Å². The van der Waals surface area contributed by atoms with Crippen molar-refractivity contribution in [2.45, 2.75) is 6.54 Å². The number of ether oxygens (including phenoxy) is 2. The van der Waals surface area contributed by atoms with Crippen molar-refractivity contribution in [3.05, 3.63) is 75.0 Å². The number of carbonyl (C=O) groups is 1. The number of nitrogens with zero attached hydrogens (tertiary/aromatic N) is 2. The maximum absolute atomic E-state index is 12.6. The van der Waals surface area contributed by atoms with Crippen LogP contribution < -0.4 is 15.0 Å². The molecule has 138 valence electrons. The first kappa shape index (κ1) is 18.8. The summed E-state index contributed by atoms with van der Waals surface area (Å²) in [7, 11) is 3.02. The molecule has 0 fully saturated rings. The highest BCUT2D eigenvalue weighted by Gasteiger charge is 2.13. The van der Waals surface area contributed by atoms with E-state index in [9.17, 15) is 9.59 Å². The molecule has 0 radical (unpaired) electrons. The Morgan fingerprint density at radius 1 is 1.00 bits per heavy atom. The highest BCUT2D eigenvalue weighted by molar-refractivity contribution is 9.10. The van der Waals surface area contributed by atoms with Crippen LogP contribution in [0.3, 0.4) is 0 Å². The van der Waals surface area contributed by atoms with Crippen molar-refractivity contribution in [1.29, 1.82) is 0 Å². The van der Waals surface area contributed by atoms with Gasteiger partial charge in [0.1, 0.15) is 6.54 Å². The molecule has 0 saturated heterocycles. The van der Waals surface area contributed by atoms with E-state index in [-0.39, 0.29) is 17.9 Å². The van der Waals surface area contributed by atoms with E-state index in [1.54, 1.807) is 24.3 Å². The smallest absolute Gasteiger partial charge is 0.267 e. The Kier molecular flexibility index (Phi) is 5.71. The van der Waals surface area contributed by atoms with Crippen molar-refractivity contribution >= 4 is 21.7 Å². The summed E-state index contributed by atoms with van der Waals surface area (Å²) in [6.07, 6.45) is 0. The third-order valence-corrected chi connectivity index (χ3v) is 4.53. The fourth-order valence-electron chi connectivity index (χ4n) is 2.57. The summed E-state index contributed by atoms with van der Waals surface area (Å²) in [5, 5.41) is 4.33. The first-order valence-electron chi connectivity index (χ1n) is 8.11. The molecule has 0 spiro atoms. The second-order valence-electron chi connectivity index (χ2n) is 5.71. The molecule has 6 nitrogen and oxygen atoms in total. The van der Waals surface area contributed by atoms with Gasteiger partial charge in [-0.1, -0.05) is 28.1 Å². The molecule has 0 saturated carbocycles. The van der Waals surface area contributed by atoms with Gasteiger partial charge in [0.05, 0.1) is 19.9 Å². The van der Waals surface area contributed by atoms with Gasteiger partial charge in [0.2, 0.25) is 0 Å². The van der Waals surface area contributed by atoms with Gasteiger partial charge in [0.15, 0.2) is 17.3 Å². The molecule has 27 heavy (non-hydrogen) atoms. The van der Waals surface area contributed by atoms with Gasteiger partial charge in [-0.05, 0) is 36.4 Å². The van der Waals surface area contributed by atoms with Gasteiger partial charge in [-0.2, -0.15) is 5.10 Å². The summed E-state index contributed by atoms with van der Waals surface area (Å²) >= 11 is 3.39. The van der Waals surface area contributed by atoms with E-state index in [4.69, 9.17) is 9.47 Å². The molecule has 0 amide bonds. The quantitative estimate of drug-likeness (QED) is 0.561. The van der Waals surface area contributed by atoms with Crippen LogP contribution in [-0.4, -0.2) is 29.8 Å². The van der Waals surface area contributed by atoms with Crippen molar-refractivity contribution in [3.63, 3.8) is 0 Å². The number of Topliss-reactive ketones (excluding diaryl/α,β-unsaturated/α-hetero) is 1. The fourth-order valence-corrected chi connectivity index (χ4v) is 2.84. The van der Waals surface area contributed by atoms with Crippen LogP contribution in [0.5, 0.6) is 11.5 Å². The Morgan fingerprint density at radius 2 is 1.70 bits per heavy atom. The van der Waals surface area contributed by atoms with E-state index in [1.807, 2.05) is 24.3 Å². The lowest BCUT2D eigenvalue weighted by molar-refractivity contribution is 0.0965. The number of methoxy groups -OCH3 is 2. The molecular weight excluding hydrogens is 412 g/mol. The van der Waals surface area contributed by atoms with Gasteiger partial charge in [0.25, 0.3) is 5.56 Å². The predicted molar refractivity (Wildman–Crippen MR) is 106 cm³/mol. The Bertz CT molecular complexity index is 1030. The van der Waals surface area contributed by atoms with Crippen LogP contribution in [-0.2, 0) is 6.54 Å². The number of halogens is 1. The van der Waals surface area contributed by atoms with E-state index >= 15 is 0 Å². The van der Waals surface area contributed by atoms with Crippen LogP contribution in [0, 0.1) is 0 Å². The van der Waals surface area contributed by atoms with E-state index in [2.05, 4.69) is 21.0 Å². The number of hydrogen-bond acceptors (Lipinski definition) is 5. The fraction of sp³-hybridized carbons (Fsp3) is 0.150. The number of ketones is 1. The second kappa shape index (κ2) is 8.18. The normalized spacial score (nSPS) is 10.5. The molecule has 0 bridgehead atoms. The van der Waals surface area contributed by atoms with Crippen LogP contribution in [0.2, 0.25) is 0 Å². The number of aromatic nitrogens is 2. The first-order valence-corrected chi connectivity index (χ1v) is 8.90. The third kappa shape index (κ3) is 4.25. The third-order valence-electron chi connectivity index (χ3n) is 4.01. The maximum Gasteiger partial charge on any atom is 0.267 e. The zero-order valence-electron chi connectivity index (χ0n) is 14.8. The average molecular weight is 429 g/mol. The molecule has 3 rings (SSSR count). The molecular formula is C20H17BrN2O4. The van der Waals surface area contributed by atoms with Crippen molar-refractivity contribution in [3.8, 4) is 22.8 Å². The molecule has 0 aliphatic carbocycles. The van der Waals surface area contributed by atoms with E-state index < -0.39 is 0 Å². The minimum atomic E-state index is -0.343. The van der Waals surface area contributed by atoms with Crippen molar-refractivity contribution in [2.75, 3.05) is 14.2 Å². The molecule has 1 heterocycles. The lowest BCUT2D eigenvalue weighted by Gasteiger charge is -2.10. The highest BCUT2D eigenvalue weighted by atomic mass is 79.9. The first-order chi connectivity index (χ1) is 13.0. The number of rotatable bonds is 6. The lowest BCUT2D eigenvalue weighted by Crippen LogP contribution is -2.26. The highest BCUT2D eigenvalue weighted by Crippen LogP contribution is 2.27. The van der Waals surface area contributed by atoms with Crippen LogP contribution >= 0.6 is 15.9 Å². The molecule has 1 aromatic heterocycles. The molecule has 0 aliphatic heterocycles. The zero-order valence-corrected chi connectivity index (χ0v) is 16.4. The van der Waals surface area contributed by atoms with Gasteiger partial charge in [-0.25, -0.2) is 4.68 Å². The van der Waals surface area contributed by atoms with Gasteiger partial charge >= 0.3 is 0 Å². The van der Waals surface area contributed by atoms with Crippen LogP contribution in [0.25, 0.3) is 11.3 Å². The topological polar surface area (TPSA) is 70.4 Å². The Hall–Kier alpha value is -2.93. The standard InChI is InChI=1S/C20H17BrN2O4/c1-26-18-9-5-14(11-19(18)27-2)17(24)12-23-20(25)10-8-16(22-23)13-3-6-15(21)7-4-13/h3-11H,12H2,1-2H3. The van der Waals surface area contributed by atoms with E-state index in [1.165, 1.54) is 20.3 Å². The number of hydrogen-bond donors (Lipinski definition) is 0. The molecule has 0 unspecified atom stereocenters. The van der Waals surface area contributed by atoms with Gasteiger partial charge in [0, 0.05) is 21.7 Å². The van der Waals surface area contributed by atoms with Crippen LogP contribution in [0.4, 0.5) is 0 Å². The van der Waals surface area contributed by atoms with Crippen molar-refractivity contribution in [2.24, 2.45) is 0 Å². The summed E-state index contributed by atoms with van der Waals surface area (Å²) in [4.78, 5) is 24.8. The Labute approximate surface area is 164 Å². The SMILES string of the molecule is COc1ccc(C(=O)Cn2nc(-c3ccc(Br)cc3)ccc2=O)cc1OC. The van der Waals surface area contributed by atoms with Crippen LogP contribution in [0.15, 0.2) is 63.9 Å². The summed E-state index contributed by atoms with van der Waals surface area (Å²) in [5.74, 6) is 0.729. The molecule has 0 aliphatic rings. The van der Waals surface area contributed by atoms with Crippen LogP contribution in [0.1, 0.15) is 10.4 Å². The maximum atomic E-state index is 12.6.